The number of aromatic nitrogens is 2. The summed E-state index contributed by atoms with van der Waals surface area (Å²) in [5.41, 5.74) is 1.61. The third-order valence-corrected chi connectivity index (χ3v) is 2.66. The second kappa shape index (κ2) is 5.62. The van der Waals surface area contributed by atoms with Gasteiger partial charge in [0.1, 0.15) is 12.4 Å². The Morgan fingerprint density at radius 2 is 2.05 bits per heavy atom. The van der Waals surface area contributed by atoms with E-state index in [4.69, 9.17) is 10.6 Å². The molecular formula is C13H15FN4O. The van der Waals surface area contributed by atoms with Crippen LogP contribution in [0.3, 0.4) is 0 Å². The van der Waals surface area contributed by atoms with Gasteiger partial charge in [0.15, 0.2) is 0 Å². The number of aryl methyl sites for hydroxylation is 1. The molecule has 0 unspecified atom stereocenters. The Kier molecular flexibility index (Phi) is 3.91. The average molecular weight is 262 g/mol. The number of ether oxygens (including phenoxy) is 1. The number of hydrazine groups is 1. The lowest BCUT2D eigenvalue weighted by molar-refractivity contribution is 0.284. The molecule has 0 aliphatic carbocycles. The van der Waals surface area contributed by atoms with Crippen molar-refractivity contribution in [3.05, 3.63) is 47.7 Å². The van der Waals surface area contributed by atoms with Gasteiger partial charge in [-0.25, -0.2) is 15.2 Å². The fourth-order valence-electron chi connectivity index (χ4n) is 1.70. The quantitative estimate of drug-likeness (QED) is 0.672. The van der Waals surface area contributed by atoms with E-state index in [9.17, 15) is 4.39 Å². The van der Waals surface area contributed by atoms with Crippen LogP contribution in [0.2, 0.25) is 0 Å². The summed E-state index contributed by atoms with van der Waals surface area (Å²) >= 11 is 0. The van der Waals surface area contributed by atoms with E-state index >= 15 is 0 Å². The zero-order valence-corrected chi connectivity index (χ0v) is 10.8. The van der Waals surface area contributed by atoms with Crippen molar-refractivity contribution in [1.29, 1.82) is 0 Å². The molecule has 6 heteroatoms. The summed E-state index contributed by atoms with van der Waals surface area (Å²) < 4.78 is 19.3. The highest BCUT2D eigenvalue weighted by Gasteiger charge is 2.12. The van der Waals surface area contributed by atoms with E-state index in [1.165, 1.54) is 17.3 Å². The molecule has 0 saturated carbocycles. The van der Waals surface area contributed by atoms with Gasteiger partial charge in [0.05, 0.1) is 11.4 Å². The van der Waals surface area contributed by atoms with Crippen LogP contribution in [-0.2, 0) is 6.61 Å². The van der Waals surface area contributed by atoms with Crippen LogP contribution >= 0.6 is 0 Å². The van der Waals surface area contributed by atoms with Crippen LogP contribution in [0.25, 0.3) is 0 Å². The van der Waals surface area contributed by atoms with Crippen LogP contribution in [0.15, 0.2) is 30.6 Å². The molecule has 2 N–H and O–H groups in total. The van der Waals surface area contributed by atoms with E-state index in [1.54, 1.807) is 32.3 Å². The lowest BCUT2D eigenvalue weighted by Gasteiger charge is -2.17. The van der Waals surface area contributed by atoms with Crippen LogP contribution in [0.1, 0.15) is 11.3 Å². The van der Waals surface area contributed by atoms with E-state index in [-0.39, 0.29) is 12.4 Å². The zero-order chi connectivity index (χ0) is 13.8. The lowest BCUT2D eigenvalue weighted by atomic mass is 10.1. The summed E-state index contributed by atoms with van der Waals surface area (Å²) in [4.78, 5) is 8.10. The van der Waals surface area contributed by atoms with Crippen molar-refractivity contribution in [3.8, 4) is 5.88 Å². The Bertz CT molecular complexity index is 574. The standard InChI is InChI=1S/C13H15FN4O/c1-9-13(17-7-6-16-9)19-8-10-11(14)4-3-5-12(10)18(2)15/h3-7H,8,15H2,1-2H3. The number of benzene rings is 1. The molecule has 19 heavy (non-hydrogen) atoms. The number of nitrogens with two attached hydrogens (primary N) is 1. The zero-order valence-electron chi connectivity index (χ0n) is 10.8. The maximum Gasteiger partial charge on any atom is 0.235 e. The van der Waals surface area contributed by atoms with Crippen molar-refractivity contribution in [2.45, 2.75) is 13.5 Å². The van der Waals surface area contributed by atoms with Gasteiger partial charge in [0, 0.05) is 25.0 Å². The van der Waals surface area contributed by atoms with Gasteiger partial charge < -0.3 is 9.75 Å². The number of anilines is 1. The van der Waals surface area contributed by atoms with Gasteiger partial charge >= 0.3 is 0 Å². The van der Waals surface area contributed by atoms with E-state index in [0.29, 0.717) is 22.8 Å². The lowest BCUT2D eigenvalue weighted by Crippen LogP contribution is -2.27. The SMILES string of the molecule is Cc1nccnc1OCc1c(F)cccc1N(C)N. The molecule has 0 spiro atoms. The third kappa shape index (κ3) is 2.97. The van der Waals surface area contributed by atoms with Crippen molar-refractivity contribution in [2.75, 3.05) is 12.1 Å². The van der Waals surface area contributed by atoms with Gasteiger partial charge in [0.25, 0.3) is 0 Å². The molecule has 5 nitrogen and oxygen atoms in total. The van der Waals surface area contributed by atoms with E-state index in [2.05, 4.69) is 9.97 Å². The molecule has 1 aromatic carbocycles. The largest absolute Gasteiger partial charge is 0.471 e. The monoisotopic (exact) mass is 262 g/mol. The predicted molar refractivity (Wildman–Crippen MR) is 70.1 cm³/mol. The minimum atomic E-state index is -0.364. The Balaban J connectivity index is 2.22. The number of rotatable bonds is 4. The van der Waals surface area contributed by atoms with Crippen LogP contribution < -0.4 is 15.6 Å². The number of halogens is 1. The second-order valence-corrected chi connectivity index (χ2v) is 4.08. The van der Waals surface area contributed by atoms with Crippen molar-refractivity contribution < 1.29 is 9.13 Å². The Morgan fingerprint density at radius 3 is 2.74 bits per heavy atom. The smallest absolute Gasteiger partial charge is 0.235 e. The first kappa shape index (κ1) is 13.2. The highest BCUT2D eigenvalue weighted by Crippen LogP contribution is 2.22. The molecule has 0 aliphatic rings. The summed E-state index contributed by atoms with van der Waals surface area (Å²) in [6.07, 6.45) is 3.10. The Morgan fingerprint density at radius 1 is 1.32 bits per heavy atom. The van der Waals surface area contributed by atoms with E-state index in [1.807, 2.05) is 0 Å². The maximum absolute atomic E-state index is 13.8. The summed E-state index contributed by atoms with van der Waals surface area (Å²) in [5.74, 6) is 5.69. The molecular weight excluding hydrogens is 247 g/mol. The van der Waals surface area contributed by atoms with E-state index < -0.39 is 0 Å². The maximum atomic E-state index is 13.8. The van der Waals surface area contributed by atoms with E-state index in [0.717, 1.165) is 0 Å². The highest BCUT2D eigenvalue weighted by molar-refractivity contribution is 5.52. The van der Waals surface area contributed by atoms with Gasteiger partial charge in [-0.05, 0) is 19.1 Å². The minimum Gasteiger partial charge on any atom is -0.471 e. The molecule has 0 aliphatic heterocycles. The minimum absolute atomic E-state index is 0.0447. The van der Waals surface area contributed by atoms with Crippen molar-refractivity contribution >= 4 is 5.69 Å². The molecule has 2 aromatic rings. The Hall–Kier alpha value is -2.21. The molecule has 0 amide bonds. The molecule has 0 bridgehead atoms. The molecule has 0 fully saturated rings. The van der Waals surface area contributed by atoms with Crippen molar-refractivity contribution in [2.24, 2.45) is 5.84 Å². The highest BCUT2D eigenvalue weighted by atomic mass is 19.1. The van der Waals surface area contributed by atoms with Gasteiger partial charge in [-0.1, -0.05) is 6.07 Å². The van der Waals surface area contributed by atoms with Crippen LogP contribution in [0.5, 0.6) is 5.88 Å². The number of nitrogens with zero attached hydrogens (tertiary/aromatic N) is 3. The summed E-state index contributed by atoms with van der Waals surface area (Å²) in [5, 5.41) is 1.35. The Labute approximate surface area is 110 Å². The van der Waals surface area contributed by atoms with Gasteiger partial charge in [-0.3, -0.25) is 4.98 Å². The topological polar surface area (TPSA) is 64.3 Å². The number of hydrogen-bond donors (Lipinski definition) is 1. The first-order valence-corrected chi connectivity index (χ1v) is 5.76. The van der Waals surface area contributed by atoms with Crippen molar-refractivity contribution in [3.63, 3.8) is 0 Å². The molecule has 1 aromatic heterocycles. The summed E-state index contributed by atoms with van der Waals surface area (Å²) in [7, 11) is 1.64. The molecule has 1 heterocycles. The predicted octanol–water partition coefficient (Wildman–Crippen LogP) is 1.81. The number of hydrogen-bond acceptors (Lipinski definition) is 5. The first-order valence-electron chi connectivity index (χ1n) is 5.76. The van der Waals surface area contributed by atoms with Crippen LogP contribution in [0.4, 0.5) is 10.1 Å². The summed E-state index contributed by atoms with van der Waals surface area (Å²) in [6.45, 7) is 1.82. The third-order valence-electron chi connectivity index (χ3n) is 2.66. The average Bonchev–Trinajstić information content (AvgIpc) is 2.38. The molecule has 2 rings (SSSR count). The fraction of sp³-hybridized carbons (Fsp3) is 0.231. The van der Waals surface area contributed by atoms with Gasteiger partial charge in [-0.15, -0.1) is 0 Å². The molecule has 100 valence electrons. The fourth-order valence-corrected chi connectivity index (χ4v) is 1.70. The van der Waals surface area contributed by atoms with Crippen LogP contribution in [0, 0.1) is 12.7 Å². The van der Waals surface area contributed by atoms with Crippen molar-refractivity contribution in [1.82, 2.24) is 9.97 Å². The molecule has 0 atom stereocenters. The second-order valence-electron chi connectivity index (χ2n) is 4.08. The normalized spacial score (nSPS) is 10.3. The molecule has 0 saturated heterocycles. The van der Waals surface area contributed by atoms with Gasteiger partial charge in [-0.2, -0.15) is 0 Å². The first-order chi connectivity index (χ1) is 9.09. The molecule has 0 radical (unpaired) electrons. The van der Waals surface area contributed by atoms with Crippen LogP contribution in [-0.4, -0.2) is 17.0 Å². The van der Waals surface area contributed by atoms with Gasteiger partial charge in [0.2, 0.25) is 5.88 Å². The summed E-state index contributed by atoms with van der Waals surface area (Å²) in [6, 6.07) is 4.70.